The number of amides is 1. The van der Waals surface area contributed by atoms with Gasteiger partial charge in [-0.25, -0.2) is 8.42 Å². The van der Waals surface area contributed by atoms with Crippen LogP contribution in [0.1, 0.15) is 23.6 Å². The van der Waals surface area contributed by atoms with Crippen LogP contribution in [0.3, 0.4) is 0 Å². The minimum Gasteiger partial charge on any atom is -0.497 e. The number of hydrogen-bond acceptors (Lipinski definition) is 4. The smallest absolute Gasteiger partial charge is 0.416 e. The molecule has 0 bridgehead atoms. The van der Waals surface area contributed by atoms with E-state index < -0.39 is 33.7 Å². The first-order valence-electron chi connectivity index (χ1n) is 10.3. The monoisotopic (exact) mass is 526 g/mol. The minimum absolute atomic E-state index is 0.0299. The zero-order valence-electron chi connectivity index (χ0n) is 18.7. The van der Waals surface area contributed by atoms with Gasteiger partial charge in [-0.15, -0.1) is 0 Å². The largest absolute Gasteiger partial charge is 0.497 e. The highest BCUT2D eigenvalue weighted by atomic mass is 35.5. The lowest BCUT2D eigenvalue weighted by molar-refractivity contribution is -0.137. The van der Waals surface area contributed by atoms with Gasteiger partial charge in [0, 0.05) is 13.5 Å². The first kappa shape index (κ1) is 26.5. The van der Waals surface area contributed by atoms with Crippen LogP contribution in [-0.4, -0.2) is 32.8 Å². The number of halogens is 4. The van der Waals surface area contributed by atoms with Crippen molar-refractivity contribution in [2.24, 2.45) is 0 Å². The van der Waals surface area contributed by atoms with Crippen molar-refractivity contribution in [2.45, 2.75) is 23.5 Å². The van der Waals surface area contributed by atoms with E-state index in [2.05, 4.69) is 5.32 Å². The van der Waals surface area contributed by atoms with E-state index in [-0.39, 0.29) is 22.0 Å². The topological polar surface area (TPSA) is 75.7 Å². The molecule has 0 aliphatic rings. The number of nitrogens with one attached hydrogen (secondary N) is 1. The van der Waals surface area contributed by atoms with E-state index >= 15 is 0 Å². The molecular formula is C24H22ClF3N2O4S. The van der Waals surface area contributed by atoms with Crippen molar-refractivity contribution in [3.8, 4) is 5.75 Å². The fraction of sp³-hybridized carbons (Fsp3) is 0.208. The SMILES string of the molecule is COc1ccc([C@@H](CC(=O)Nc2cc(C(F)(F)F)ccc2Cl)N(C)S(=O)(=O)c2ccccc2)cc1. The van der Waals surface area contributed by atoms with Gasteiger partial charge in [-0.2, -0.15) is 17.5 Å². The van der Waals surface area contributed by atoms with Crippen molar-refractivity contribution < 1.29 is 31.1 Å². The van der Waals surface area contributed by atoms with Crippen molar-refractivity contribution in [1.29, 1.82) is 0 Å². The highest BCUT2D eigenvalue weighted by molar-refractivity contribution is 7.89. The second-order valence-electron chi connectivity index (χ2n) is 7.57. The number of ether oxygens (including phenoxy) is 1. The molecule has 0 heterocycles. The average Bonchev–Trinajstić information content (AvgIpc) is 2.83. The van der Waals surface area contributed by atoms with E-state index in [0.29, 0.717) is 11.3 Å². The van der Waals surface area contributed by atoms with Crippen molar-refractivity contribution in [1.82, 2.24) is 4.31 Å². The van der Waals surface area contributed by atoms with Crippen molar-refractivity contribution >= 4 is 33.2 Å². The molecule has 0 aliphatic heterocycles. The van der Waals surface area contributed by atoms with Gasteiger partial charge in [-0.3, -0.25) is 4.79 Å². The lowest BCUT2D eigenvalue weighted by Gasteiger charge is -2.28. The van der Waals surface area contributed by atoms with Gasteiger partial charge in [-0.1, -0.05) is 41.9 Å². The van der Waals surface area contributed by atoms with Gasteiger partial charge in [0.1, 0.15) is 5.75 Å². The van der Waals surface area contributed by atoms with Crippen LogP contribution in [0, 0.1) is 0 Å². The summed E-state index contributed by atoms with van der Waals surface area (Å²) in [6, 6.07) is 15.7. The Morgan fingerprint density at radius 1 is 1.06 bits per heavy atom. The maximum Gasteiger partial charge on any atom is 0.416 e. The zero-order chi connectivity index (χ0) is 25.8. The van der Waals surface area contributed by atoms with Crippen LogP contribution in [0.2, 0.25) is 5.02 Å². The Morgan fingerprint density at radius 2 is 1.69 bits per heavy atom. The van der Waals surface area contributed by atoms with E-state index in [1.54, 1.807) is 42.5 Å². The maximum absolute atomic E-state index is 13.2. The van der Waals surface area contributed by atoms with Crippen LogP contribution >= 0.6 is 11.6 Å². The molecular weight excluding hydrogens is 505 g/mol. The van der Waals surface area contributed by atoms with Gasteiger partial charge in [0.05, 0.1) is 34.3 Å². The second kappa shape index (κ2) is 10.7. The minimum atomic E-state index is -4.63. The third kappa shape index (κ3) is 6.33. The van der Waals surface area contributed by atoms with Crippen molar-refractivity contribution in [3.63, 3.8) is 0 Å². The summed E-state index contributed by atoms with van der Waals surface area (Å²) in [4.78, 5) is 12.9. The molecule has 11 heteroatoms. The summed E-state index contributed by atoms with van der Waals surface area (Å²) in [6.45, 7) is 0. The number of methoxy groups -OCH3 is 1. The molecule has 0 aromatic heterocycles. The molecule has 0 unspecified atom stereocenters. The molecule has 3 aromatic carbocycles. The lowest BCUT2D eigenvalue weighted by atomic mass is 10.0. The Bertz CT molecular complexity index is 1280. The van der Waals surface area contributed by atoms with E-state index in [0.717, 1.165) is 22.5 Å². The van der Waals surface area contributed by atoms with Crippen LogP contribution in [0.15, 0.2) is 77.7 Å². The Kier molecular flexibility index (Phi) is 8.09. The molecule has 0 saturated carbocycles. The van der Waals surface area contributed by atoms with E-state index in [1.807, 2.05) is 0 Å². The summed E-state index contributed by atoms with van der Waals surface area (Å²) in [6.07, 6.45) is -5.01. The maximum atomic E-state index is 13.2. The van der Waals surface area contributed by atoms with Gasteiger partial charge >= 0.3 is 6.18 Å². The number of benzene rings is 3. The fourth-order valence-corrected chi connectivity index (χ4v) is 4.91. The molecule has 1 amide bonds. The number of carbonyl (C=O) groups is 1. The molecule has 0 radical (unpaired) electrons. The van der Waals surface area contributed by atoms with Crippen LogP contribution in [0.5, 0.6) is 5.75 Å². The molecule has 0 saturated heterocycles. The molecule has 186 valence electrons. The standard InChI is InChI=1S/C24H22ClF3N2O4S/c1-30(35(32,33)19-6-4-3-5-7-19)22(16-8-11-18(34-2)12-9-16)15-23(31)29-21-14-17(24(26,27)28)10-13-20(21)25/h3-14,22H,15H2,1-2H3,(H,29,31)/t22-/m1/s1. The highest BCUT2D eigenvalue weighted by Gasteiger charge is 2.33. The molecule has 1 N–H and O–H groups in total. The quantitative estimate of drug-likeness (QED) is 0.405. The number of nitrogens with zero attached hydrogens (tertiary/aromatic N) is 1. The third-order valence-corrected chi connectivity index (χ3v) is 7.52. The number of rotatable bonds is 8. The number of hydrogen-bond donors (Lipinski definition) is 1. The molecule has 6 nitrogen and oxygen atoms in total. The highest BCUT2D eigenvalue weighted by Crippen LogP contribution is 2.35. The summed E-state index contributed by atoms with van der Waals surface area (Å²) in [7, 11) is -1.20. The average molecular weight is 527 g/mol. The Hall–Kier alpha value is -3.08. The number of sulfonamides is 1. The molecule has 1 atom stereocenters. The second-order valence-corrected chi connectivity index (χ2v) is 9.97. The van der Waals surface area contributed by atoms with E-state index in [1.165, 1.54) is 26.3 Å². The first-order chi connectivity index (χ1) is 16.4. The molecule has 0 fully saturated rings. The number of alkyl halides is 3. The predicted octanol–water partition coefficient (Wildman–Crippen LogP) is 5.76. The van der Waals surface area contributed by atoms with Crippen LogP contribution < -0.4 is 10.1 Å². The molecule has 35 heavy (non-hydrogen) atoms. The predicted molar refractivity (Wildman–Crippen MR) is 127 cm³/mol. The van der Waals surface area contributed by atoms with E-state index in [4.69, 9.17) is 16.3 Å². The van der Waals surface area contributed by atoms with Crippen molar-refractivity contribution in [3.05, 3.63) is 88.9 Å². The number of anilines is 1. The summed E-state index contributed by atoms with van der Waals surface area (Å²) in [5.41, 5.74) is -0.723. The zero-order valence-corrected chi connectivity index (χ0v) is 20.3. The molecule has 0 spiro atoms. The number of carbonyl (C=O) groups excluding carboxylic acids is 1. The molecule has 3 rings (SSSR count). The summed E-state index contributed by atoms with van der Waals surface area (Å²) < 4.78 is 71.9. The molecule has 0 aliphatic carbocycles. The first-order valence-corrected chi connectivity index (χ1v) is 12.1. The Balaban J connectivity index is 1.93. The van der Waals surface area contributed by atoms with Gasteiger partial charge in [0.15, 0.2) is 0 Å². The fourth-order valence-electron chi connectivity index (χ4n) is 3.38. The summed E-state index contributed by atoms with van der Waals surface area (Å²) in [5.74, 6) is -0.191. The van der Waals surface area contributed by atoms with Gasteiger partial charge in [-0.05, 0) is 48.0 Å². The van der Waals surface area contributed by atoms with Crippen LogP contribution in [0.25, 0.3) is 0 Å². The van der Waals surface area contributed by atoms with Crippen LogP contribution in [-0.2, 0) is 21.0 Å². The normalized spacial score (nSPS) is 12.9. The Labute approximate surface area is 206 Å². The van der Waals surface area contributed by atoms with Crippen molar-refractivity contribution in [2.75, 3.05) is 19.5 Å². The Morgan fingerprint density at radius 3 is 2.26 bits per heavy atom. The summed E-state index contributed by atoms with van der Waals surface area (Å²) >= 11 is 5.99. The summed E-state index contributed by atoms with van der Waals surface area (Å²) in [5, 5.41) is 2.29. The van der Waals surface area contributed by atoms with E-state index in [9.17, 15) is 26.4 Å². The van der Waals surface area contributed by atoms with Gasteiger partial charge in [0.2, 0.25) is 15.9 Å². The van der Waals surface area contributed by atoms with Crippen LogP contribution in [0.4, 0.5) is 18.9 Å². The third-order valence-electron chi connectivity index (χ3n) is 5.31. The van der Waals surface area contributed by atoms with Gasteiger partial charge < -0.3 is 10.1 Å². The van der Waals surface area contributed by atoms with Gasteiger partial charge in [0.25, 0.3) is 0 Å². The molecule has 3 aromatic rings. The lowest BCUT2D eigenvalue weighted by Crippen LogP contribution is -2.34.